The van der Waals surface area contributed by atoms with Crippen LogP contribution in [0.15, 0.2) is 59.4 Å². The summed E-state index contributed by atoms with van der Waals surface area (Å²) in [5.74, 6) is 2.84. The zero-order chi connectivity index (χ0) is 19.8. The molecule has 0 amide bonds. The van der Waals surface area contributed by atoms with Crippen LogP contribution in [-0.4, -0.2) is 31.8 Å². The van der Waals surface area contributed by atoms with Gasteiger partial charge in [-0.15, -0.1) is 10.2 Å². The number of aromatic nitrogens is 5. The molecule has 0 radical (unpaired) electrons. The summed E-state index contributed by atoms with van der Waals surface area (Å²) in [5.41, 5.74) is 3.25. The first-order chi connectivity index (χ1) is 14.2. The van der Waals surface area contributed by atoms with Gasteiger partial charge in [-0.3, -0.25) is 9.38 Å². The van der Waals surface area contributed by atoms with E-state index in [0.29, 0.717) is 11.6 Å². The Kier molecular flexibility index (Phi) is 4.09. The van der Waals surface area contributed by atoms with Gasteiger partial charge in [0.1, 0.15) is 18.1 Å². The number of hydrogen-bond acceptors (Lipinski definition) is 7. The Labute approximate surface area is 165 Å². The van der Waals surface area contributed by atoms with E-state index in [1.165, 1.54) is 0 Å². The molecule has 0 aliphatic heterocycles. The maximum Gasteiger partial charge on any atom is 0.175 e. The number of aryl methyl sites for hydroxylation is 1. The van der Waals surface area contributed by atoms with Crippen LogP contribution in [0.4, 0.5) is 0 Å². The Hall–Kier alpha value is -3.94. The van der Waals surface area contributed by atoms with Crippen LogP contribution >= 0.6 is 0 Å². The molecular weight excluding hydrogens is 370 g/mol. The van der Waals surface area contributed by atoms with E-state index in [1.807, 2.05) is 60.0 Å². The molecule has 0 unspecified atom stereocenters. The fourth-order valence-electron chi connectivity index (χ4n) is 3.18. The van der Waals surface area contributed by atoms with Gasteiger partial charge in [-0.05, 0) is 37.3 Å². The lowest BCUT2D eigenvalue weighted by atomic mass is 10.2. The molecule has 0 aliphatic carbocycles. The lowest BCUT2D eigenvalue weighted by molar-refractivity contribution is 0.298. The largest absolute Gasteiger partial charge is 0.497 e. The van der Waals surface area contributed by atoms with Crippen LogP contribution in [0.5, 0.6) is 11.5 Å². The Bertz CT molecular complexity index is 1320. The lowest BCUT2D eigenvalue weighted by Crippen LogP contribution is -2.02. The normalized spacial score (nSPS) is 11.2. The molecule has 0 atom stereocenters. The molecule has 0 saturated carbocycles. The Morgan fingerprint density at radius 1 is 1.07 bits per heavy atom. The summed E-state index contributed by atoms with van der Waals surface area (Å²) >= 11 is 0. The minimum absolute atomic E-state index is 0.255. The average Bonchev–Trinajstić information content (AvgIpc) is 3.37. The first kappa shape index (κ1) is 17.2. The zero-order valence-electron chi connectivity index (χ0n) is 15.9. The number of fused-ring (bicyclic) bond motifs is 2. The molecule has 0 bridgehead atoms. The molecule has 0 N–H and O–H groups in total. The van der Waals surface area contributed by atoms with Crippen molar-refractivity contribution in [3.05, 3.63) is 66.4 Å². The molecule has 8 heteroatoms. The van der Waals surface area contributed by atoms with E-state index < -0.39 is 0 Å². The van der Waals surface area contributed by atoms with Gasteiger partial charge in [0.25, 0.3) is 0 Å². The van der Waals surface area contributed by atoms with E-state index in [1.54, 1.807) is 13.3 Å². The molecule has 5 aromatic rings. The van der Waals surface area contributed by atoms with Crippen molar-refractivity contribution in [1.29, 1.82) is 0 Å². The summed E-state index contributed by atoms with van der Waals surface area (Å²) in [6.07, 6.45) is 3.63. The molecule has 0 aliphatic rings. The highest BCUT2D eigenvalue weighted by Crippen LogP contribution is 2.28. The molecule has 29 heavy (non-hydrogen) atoms. The first-order valence-corrected chi connectivity index (χ1v) is 9.04. The van der Waals surface area contributed by atoms with Crippen LogP contribution < -0.4 is 9.47 Å². The third kappa shape index (κ3) is 3.14. The van der Waals surface area contributed by atoms with E-state index in [2.05, 4.69) is 20.3 Å². The van der Waals surface area contributed by atoms with Crippen molar-refractivity contribution in [1.82, 2.24) is 24.7 Å². The zero-order valence-corrected chi connectivity index (χ0v) is 15.9. The third-order valence-corrected chi connectivity index (χ3v) is 4.65. The van der Waals surface area contributed by atoms with Crippen molar-refractivity contribution in [2.24, 2.45) is 0 Å². The van der Waals surface area contributed by atoms with Crippen molar-refractivity contribution < 1.29 is 14.0 Å². The Morgan fingerprint density at radius 3 is 2.83 bits per heavy atom. The van der Waals surface area contributed by atoms with Crippen LogP contribution in [0.3, 0.4) is 0 Å². The first-order valence-electron chi connectivity index (χ1n) is 9.04. The van der Waals surface area contributed by atoms with Gasteiger partial charge in [0, 0.05) is 35.5 Å². The van der Waals surface area contributed by atoms with Crippen molar-refractivity contribution in [3.63, 3.8) is 0 Å². The average molecular weight is 387 g/mol. The minimum atomic E-state index is 0.255. The Morgan fingerprint density at radius 2 is 2.00 bits per heavy atom. The molecule has 4 heterocycles. The van der Waals surface area contributed by atoms with Crippen molar-refractivity contribution in [2.45, 2.75) is 13.5 Å². The van der Waals surface area contributed by atoms with Gasteiger partial charge >= 0.3 is 0 Å². The highest BCUT2D eigenvalue weighted by atomic mass is 16.5. The highest BCUT2D eigenvalue weighted by molar-refractivity contribution is 5.85. The fourth-order valence-corrected chi connectivity index (χ4v) is 3.18. The number of rotatable bonds is 5. The van der Waals surface area contributed by atoms with E-state index in [9.17, 15) is 0 Å². The third-order valence-electron chi connectivity index (χ3n) is 4.65. The SMILES string of the molecule is COc1ccc2c(OCc3nnc4ccc(-c5cc(C)no5)cn34)ccnc2c1. The monoisotopic (exact) mass is 387 g/mol. The van der Waals surface area contributed by atoms with E-state index in [0.717, 1.165) is 39.3 Å². The summed E-state index contributed by atoms with van der Waals surface area (Å²) in [7, 11) is 1.63. The van der Waals surface area contributed by atoms with Crippen LogP contribution in [0.2, 0.25) is 0 Å². The summed E-state index contributed by atoms with van der Waals surface area (Å²) < 4.78 is 18.6. The second kappa shape index (κ2) is 6.90. The lowest BCUT2D eigenvalue weighted by Gasteiger charge is -2.09. The standard InChI is InChI=1S/C21H17N5O3/c1-13-9-19(29-25-13)14-3-6-20-23-24-21(26(20)11-14)12-28-18-7-8-22-17-10-15(27-2)4-5-16(17)18/h3-11H,12H2,1-2H3. The molecule has 0 spiro atoms. The summed E-state index contributed by atoms with van der Waals surface area (Å²) in [4.78, 5) is 4.38. The summed E-state index contributed by atoms with van der Waals surface area (Å²) in [6.45, 7) is 2.14. The van der Waals surface area contributed by atoms with Crippen molar-refractivity contribution >= 4 is 16.6 Å². The second-order valence-corrected chi connectivity index (χ2v) is 6.58. The smallest absolute Gasteiger partial charge is 0.175 e. The molecule has 0 fully saturated rings. The number of hydrogen-bond donors (Lipinski definition) is 0. The number of ether oxygens (including phenoxy) is 2. The van der Waals surface area contributed by atoms with Gasteiger partial charge in [-0.2, -0.15) is 0 Å². The van der Waals surface area contributed by atoms with Crippen molar-refractivity contribution in [3.8, 4) is 22.8 Å². The van der Waals surface area contributed by atoms with Crippen LogP contribution in [-0.2, 0) is 6.61 Å². The van der Waals surface area contributed by atoms with Crippen LogP contribution in [0.25, 0.3) is 27.9 Å². The number of benzene rings is 1. The number of pyridine rings is 2. The topological polar surface area (TPSA) is 87.6 Å². The number of methoxy groups -OCH3 is 1. The quantitative estimate of drug-likeness (QED) is 0.453. The van der Waals surface area contributed by atoms with Gasteiger partial charge < -0.3 is 14.0 Å². The van der Waals surface area contributed by atoms with Gasteiger partial charge in [0.05, 0.1) is 18.3 Å². The highest BCUT2D eigenvalue weighted by Gasteiger charge is 2.12. The molecular formula is C21H17N5O3. The molecule has 144 valence electrons. The molecule has 0 saturated heterocycles. The maximum atomic E-state index is 6.06. The van der Waals surface area contributed by atoms with E-state index in [4.69, 9.17) is 14.0 Å². The van der Waals surface area contributed by atoms with Crippen LogP contribution in [0.1, 0.15) is 11.5 Å². The predicted octanol–water partition coefficient (Wildman–Crippen LogP) is 3.83. The molecule has 5 rings (SSSR count). The minimum Gasteiger partial charge on any atom is -0.497 e. The van der Waals surface area contributed by atoms with Crippen molar-refractivity contribution in [2.75, 3.05) is 7.11 Å². The molecule has 8 nitrogen and oxygen atoms in total. The van der Waals surface area contributed by atoms with Gasteiger partial charge in [-0.25, -0.2) is 0 Å². The van der Waals surface area contributed by atoms with Crippen LogP contribution in [0, 0.1) is 6.92 Å². The van der Waals surface area contributed by atoms with Gasteiger partial charge in [-0.1, -0.05) is 5.16 Å². The molecule has 4 aromatic heterocycles. The van der Waals surface area contributed by atoms with E-state index in [-0.39, 0.29) is 6.61 Å². The van der Waals surface area contributed by atoms with Gasteiger partial charge in [0.2, 0.25) is 0 Å². The Balaban J connectivity index is 1.46. The second-order valence-electron chi connectivity index (χ2n) is 6.58. The summed E-state index contributed by atoms with van der Waals surface area (Å²) in [5, 5.41) is 13.3. The van der Waals surface area contributed by atoms with Gasteiger partial charge in [0.15, 0.2) is 17.2 Å². The van der Waals surface area contributed by atoms with E-state index >= 15 is 0 Å². The molecule has 1 aromatic carbocycles. The maximum absolute atomic E-state index is 6.06. The summed E-state index contributed by atoms with van der Waals surface area (Å²) in [6, 6.07) is 13.2. The fraction of sp³-hybridized carbons (Fsp3) is 0.143. The number of nitrogens with zero attached hydrogens (tertiary/aromatic N) is 5. The predicted molar refractivity (Wildman–Crippen MR) is 106 cm³/mol.